The van der Waals surface area contributed by atoms with Crippen LogP contribution in [0.3, 0.4) is 0 Å². The van der Waals surface area contributed by atoms with Crippen LogP contribution >= 0.6 is 0 Å². The van der Waals surface area contributed by atoms with Crippen molar-refractivity contribution < 1.29 is 36.0 Å². The van der Waals surface area contributed by atoms with E-state index in [0.29, 0.717) is 0 Å². The van der Waals surface area contributed by atoms with Gasteiger partial charge in [0.25, 0.3) is 11.7 Å². The molecule has 0 atom stereocenters. The molecule has 0 saturated heterocycles. The molecular formula is C20H13F5N4O3. The normalized spacial score (nSPS) is 13.0. The summed E-state index contributed by atoms with van der Waals surface area (Å²) in [6.45, 7) is -0.206. The van der Waals surface area contributed by atoms with Crippen molar-refractivity contribution in [1.29, 1.82) is 0 Å². The maximum absolute atomic E-state index is 13.7. The van der Waals surface area contributed by atoms with Crippen LogP contribution < -0.4 is 10.1 Å². The molecule has 0 unspecified atom stereocenters. The molecule has 32 heavy (non-hydrogen) atoms. The molecule has 12 heteroatoms. The molecule has 166 valence electrons. The predicted octanol–water partition coefficient (Wildman–Crippen LogP) is 4.07. The Kier molecular flexibility index (Phi) is 5.59. The van der Waals surface area contributed by atoms with Crippen LogP contribution in [0.25, 0.3) is 11.1 Å². The van der Waals surface area contributed by atoms with Gasteiger partial charge in [0.15, 0.2) is 11.6 Å². The molecule has 1 N–H and O–H groups in total. The third kappa shape index (κ3) is 4.90. The highest BCUT2D eigenvalue weighted by molar-refractivity contribution is 5.95. The number of carbonyl (C=O) groups is 1. The number of hydrogen-bond acceptors (Lipinski definition) is 6. The predicted molar refractivity (Wildman–Crippen MR) is 98.3 cm³/mol. The van der Waals surface area contributed by atoms with Gasteiger partial charge in [-0.25, -0.2) is 13.8 Å². The van der Waals surface area contributed by atoms with Crippen molar-refractivity contribution in [1.82, 2.24) is 20.4 Å². The van der Waals surface area contributed by atoms with E-state index in [9.17, 15) is 26.7 Å². The molecule has 1 aromatic carbocycles. The molecule has 1 aliphatic carbocycles. The van der Waals surface area contributed by atoms with Crippen LogP contribution in [0.2, 0.25) is 0 Å². The Bertz CT molecular complexity index is 1210. The Morgan fingerprint density at radius 3 is 2.62 bits per heavy atom. The summed E-state index contributed by atoms with van der Waals surface area (Å²) in [5.74, 6) is -4.66. The molecule has 0 aliphatic heterocycles. The molecule has 0 bridgehead atoms. The quantitative estimate of drug-likeness (QED) is 0.430. The molecule has 4 rings (SSSR count). The molecule has 0 saturated carbocycles. The first-order chi connectivity index (χ1) is 15.2. The average Bonchev–Trinajstić information content (AvgIpc) is 3.45. The number of nitrogens with zero attached hydrogens (tertiary/aromatic N) is 3. The zero-order valence-electron chi connectivity index (χ0n) is 16.0. The largest absolute Gasteiger partial charge is 0.473 e. The van der Waals surface area contributed by atoms with Gasteiger partial charge in [-0.1, -0.05) is 17.3 Å². The first-order valence-corrected chi connectivity index (χ1v) is 9.15. The van der Waals surface area contributed by atoms with Crippen LogP contribution in [0.1, 0.15) is 28.5 Å². The number of benzene rings is 1. The standard InChI is InChI=1S/C20H13F5N4O3/c21-14-4-3-11(6-15(14)22)13-5-12(7-27-18(13)31-9-10-1-2-10)17(30)26-8-16-28-19(29-32-16)20(23,24)25/h1,3-7H,2,8-9H2,(H,26,30). The second-order valence-corrected chi connectivity index (χ2v) is 6.75. The zero-order valence-corrected chi connectivity index (χ0v) is 16.0. The van der Waals surface area contributed by atoms with E-state index in [1.165, 1.54) is 18.3 Å². The highest BCUT2D eigenvalue weighted by atomic mass is 19.4. The molecule has 3 aromatic rings. The highest BCUT2D eigenvalue weighted by Crippen LogP contribution is 2.31. The van der Waals surface area contributed by atoms with Crippen molar-refractivity contribution in [3.05, 3.63) is 71.0 Å². The van der Waals surface area contributed by atoms with Gasteiger partial charge in [0.2, 0.25) is 11.8 Å². The van der Waals surface area contributed by atoms with Gasteiger partial charge in [0, 0.05) is 11.8 Å². The van der Waals surface area contributed by atoms with Gasteiger partial charge in [-0.2, -0.15) is 18.2 Å². The first kappa shape index (κ1) is 21.4. The number of halogens is 5. The lowest BCUT2D eigenvalue weighted by Crippen LogP contribution is -2.23. The highest BCUT2D eigenvalue weighted by Gasteiger charge is 2.37. The minimum absolute atomic E-state index is 0.00159. The van der Waals surface area contributed by atoms with E-state index in [4.69, 9.17) is 4.74 Å². The van der Waals surface area contributed by atoms with E-state index in [1.807, 2.05) is 6.08 Å². The average molecular weight is 452 g/mol. The number of rotatable bonds is 7. The Balaban J connectivity index is 1.55. The Morgan fingerprint density at radius 2 is 1.97 bits per heavy atom. The van der Waals surface area contributed by atoms with Crippen molar-refractivity contribution in [2.75, 3.05) is 6.61 Å². The van der Waals surface area contributed by atoms with E-state index in [1.54, 1.807) is 0 Å². The third-order valence-corrected chi connectivity index (χ3v) is 4.35. The van der Waals surface area contributed by atoms with E-state index >= 15 is 0 Å². The lowest BCUT2D eigenvalue weighted by Gasteiger charge is -2.12. The number of aromatic nitrogens is 3. The van der Waals surface area contributed by atoms with Crippen molar-refractivity contribution in [2.24, 2.45) is 0 Å². The van der Waals surface area contributed by atoms with E-state index in [-0.39, 0.29) is 29.2 Å². The van der Waals surface area contributed by atoms with Crippen molar-refractivity contribution in [2.45, 2.75) is 19.1 Å². The number of alkyl halides is 3. The fourth-order valence-corrected chi connectivity index (χ4v) is 2.61. The van der Waals surface area contributed by atoms with Crippen molar-refractivity contribution >= 4 is 5.91 Å². The molecule has 2 aromatic heterocycles. The van der Waals surface area contributed by atoms with E-state index in [0.717, 1.165) is 24.1 Å². The number of nitrogens with one attached hydrogen (secondary N) is 1. The topological polar surface area (TPSA) is 90.1 Å². The van der Waals surface area contributed by atoms with Gasteiger partial charge in [-0.05, 0) is 35.8 Å². The summed E-state index contributed by atoms with van der Waals surface area (Å²) in [7, 11) is 0. The zero-order chi connectivity index (χ0) is 22.9. The summed E-state index contributed by atoms with van der Waals surface area (Å²) in [6.07, 6.45) is -0.834. The number of ether oxygens (including phenoxy) is 1. The second-order valence-electron chi connectivity index (χ2n) is 6.75. The fourth-order valence-electron chi connectivity index (χ4n) is 2.61. The first-order valence-electron chi connectivity index (χ1n) is 9.15. The number of pyridine rings is 1. The van der Waals surface area contributed by atoms with Crippen LogP contribution in [-0.4, -0.2) is 27.6 Å². The van der Waals surface area contributed by atoms with Gasteiger partial charge in [0.1, 0.15) is 6.61 Å². The minimum Gasteiger partial charge on any atom is -0.473 e. The molecule has 0 fully saturated rings. The maximum Gasteiger partial charge on any atom is 0.455 e. The second kappa shape index (κ2) is 8.36. The van der Waals surface area contributed by atoms with Crippen LogP contribution in [0.4, 0.5) is 22.0 Å². The molecule has 0 radical (unpaired) electrons. The van der Waals surface area contributed by atoms with Crippen molar-refractivity contribution in [3.63, 3.8) is 0 Å². The number of carbonyl (C=O) groups excluding carboxylic acids is 1. The summed E-state index contributed by atoms with van der Waals surface area (Å²) in [6, 6.07) is 4.52. The lowest BCUT2D eigenvalue weighted by atomic mass is 10.0. The summed E-state index contributed by atoms with van der Waals surface area (Å²) >= 11 is 0. The lowest BCUT2D eigenvalue weighted by molar-refractivity contribution is -0.146. The van der Waals surface area contributed by atoms with Crippen LogP contribution in [-0.2, 0) is 12.7 Å². The Labute approximate surface area is 176 Å². The fraction of sp³-hybridized carbons (Fsp3) is 0.200. The summed E-state index contributed by atoms with van der Waals surface area (Å²) < 4.78 is 74.8. The third-order valence-electron chi connectivity index (χ3n) is 4.35. The monoisotopic (exact) mass is 452 g/mol. The van der Waals surface area contributed by atoms with Crippen LogP contribution in [0, 0.1) is 11.6 Å². The van der Waals surface area contributed by atoms with Gasteiger partial charge < -0.3 is 14.6 Å². The molecule has 1 amide bonds. The SMILES string of the molecule is O=C(NCc1nc(C(F)(F)F)no1)c1cnc(OCC2=CC2)c(-c2ccc(F)c(F)c2)c1. The van der Waals surface area contributed by atoms with Gasteiger partial charge in [-0.3, -0.25) is 4.79 Å². The van der Waals surface area contributed by atoms with Crippen molar-refractivity contribution in [3.8, 4) is 17.0 Å². The smallest absolute Gasteiger partial charge is 0.455 e. The summed E-state index contributed by atoms with van der Waals surface area (Å²) in [5.41, 5.74) is 1.49. The maximum atomic E-state index is 13.7. The van der Waals surface area contributed by atoms with Gasteiger partial charge >= 0.3 is 6.18 Å². The molecule has 1 aliphatic rings. The molecule has 2 heterocycles. The van der Waals surface area contributed by atoms with Crippen LogP contribution in [0.15, 0.2) is 46.6 Å². The van der Waals surface area contributed by atoms with E-state index < -0.39 is 42.0 Å². The van der Waals surface area contributed by atoms with E-state index in [2.05, 4.69) is 25.0 Å². The Hall–Kier alpha value is -3.83. The summed E-state index contributed by atoms with van der Waals surface area (Å²) in [4.78, 5) is 19.7. The molecule has 0 spiro atoms. The Morgan fingerprint density at radius 1 is 1.19 bits per heavy atom. The summed E-state index contributed by atoms with van der Waals surface area (Å²) in [5, 5.41) is 5.13. The minimum atomic E-state index is -4.78. The number of hydrogen-bond donors (Lipinski definition) is 1. The molecular weight excluding hydrogens is 439 g/mol. The molecule has 7 nitrogen and oxygen atoms in total. The van der Waals surface area contributed by atoms with Gasteiger partial charge in [0.05, 0.1) is 12.1 Å². The van der Waals surface area contributed by atoms with Gasteiger partial charge in [-0.15, -0.1) is 0 Å². The van der Waals surface area contributed by atoms with Crippen LogP contribution in [0.5, 0.6) is 5.88 Å². The number of allylic oxidation sites excluding steroid dienone is 1. The number of amides is 1.